The number of H-pyrrole nitrogens is 1. The van der Waals surface area contributed by atoms with E-state index in [2.05, 4.69) is 20.5 Å². The average molecular weight is 254 g/mol. The molecular formula is C12H22N4O2. The first-order valence-corrected chi connectivity index (χ1v) is 6.39. The second-order valence-corrected chi connectivity index (χ2v) is 4.70. The molecule has 1 aromatic heterocycles. The molecule has 1 heterocycles. The Morgan fingerprint density at radius 2 is 2.22 bits per heavy atom. The Morgan fingerprint density at radius 1 is 1.50 bits per heavy atom. The van der Waals surface area contributed by atoms with Gasteiger partial charge in [-0.25, -0.2) is 4.98 Å². The molecule has 0 aliphatic rings. The molecule has 0 aliphatic carbocycles. The summed E-state index contributed by atoms with van der Waals surface area (Å²) < 4.78 is 0. The number of amides is 1. The third kappa shape index (κ3) is 3.80. The number of aliphatic hydroxyl groups excluding tert-OH is 1. The van der Waals surface area contributed by atoms with Crippen molar-refractivity contribution >= 4 is 5.91 Å². The predicted molar refractivity (Wildman–Crippen MR) is 68.2 cm³/mol. The van der Waals surface area contributed by atoms with Crippen molar-refractivity contribution in [1.29, 1.82) is 0 Å². The summed E-state index contributed by atoms with van der Waals surface area (Å²) in [6.45, 7) is 5.95. The van der Waals surface area contributed by atoms with Crippen LogP contribution >= 0.6 is 0 Å². The van der Waals surface area contributed by atoms with Crippen molar-refractivity contribution in [3.63, 3.8) is 0 Å². The lowest BCUT2D eigenvalue weighted by atomic mass is 9.95. The number of nitrogens with zero attached hydrogens (tertiary/aromatic N) is 2. The van der Waals surface area contributed by atoms with Crippen molar-refractivity contribution in [2.24, 2.45) is 0 Å². The van der Waals surface area contributed by atoms with E-state index >= 15 is 0 Å². The maximum Gasteiger partial charge on any atom is 0.291 e. The van der Waals surface area contributed by atoms with Gasteiger partial charge in [-0.3, -0.25) is 9.89 Å². The van der Waals surface area contributed by atoms with Crippen molar-refractivity contribution in [2.75, 3.05) is 6.61 Å². The molecular weight excluding hydrogens is 232 g/mol. The molecule has 0 radical (unpaired) electrons. The normalized spacial score (nSPS) is 14.2. The Morgan fingerprint density at radius 3 is 2.78 bits per heavy atom. The summed E-state index contributed by atoms with van der Waals surface area (Å²) in [5.41, 5.74) is -0.419. The topological polar surface area (TPSA) is 90.9 Å². The molecule has 6 nitrogen and oxygen atoms in total. The molecule has 1 rings (SSSR count). The molecule has 102 valence electrons. The Balaban J connectivity index is 2.68. The molecule has 0 spiro atoms. The van der Waals surface area contributed by atoms with Crippen molar-refractivity contribution in [2.45, 2.75) is 52.0 Å². The van der Waals surface area contributed by atoms with Gasteiger partial charge in [0.1, 0.15) is 5.82 Å². The molecule has 0 aromatic carbocycles. The molecule has 0 bridgehead atoms. The van der Waals surface area contributed by atoms with Gasteiger partial charge in [-0.2, -0.15) is 0 Å². The number of carbonyl (C=O) groups is 1. The molecule has 6 heteroatoms. The van der Waals surface area contributed by atoms with Gasteiger partial charge >= 0.3 is 0 Å². The van der Waals surface area contributed by atoms with Gasteiger partial charge in [0.2, 0.25) is 5.82 Å². The van der Waals surface area contributed by atoms with Crippen LogP contribution in [-0.4, -0.2) is 38.3 Å². The number of aryl methyl sites for hydroxylation is 1. The monoisotopic (exact) mass is 254 g/mol. The average Bonchev–Trinajstić information content (AvgIpc) is 2.78. The minimum atomic E-state index is -0.419. The van der Waals surface area contributed by atoms with Crippen LogP contribution in [0.4, 0.5) is 0 Å². The Labute approximate surface area is 107 Å². The molecule has 1 amide bonds. The van der Waals surface area contributed by atoms with E-state index in [9.17, 15) is 4.79 Å². The fraction of sp³-hybridized carbons (Fsp3) is 0.750. The first kappa shape index (κ1) is 14.6. The van der Waals surface area contributed by atoms with E-state index in [0.717, 1.165) is 25.1 Å². The standard InChI is InChI=1S/C12H22N4O2/c1-4-6-9-13-10(16-15-9)11(18)14-12(3,5-2)7-8-17/h17H,4-8H2,1-3H3,(H,14,18)(H,13,15,16). The van der Waals surface area contributed by atoms with Crippen LogP contribution in [0.3, 0.4) is 0 Å². The van der Waals surface area contributed by atoms with Gasteiger partial charge in [0.15, 0.2) is 0 Å². The first-order chi connectivity index (χ1) is 8.54. The number of aliphatic hydroxyl groups is 1. The van der Waals surface area contributed by atoms with Crippen LogP contribution in [-0.2, 0) is 6.42 Å². The summed E-state index contributed by atoms with van der Waals surface area (Å²) in [7, 11) is 0. The minimum absolute atomic E-state index is 0.0414. The molecule has 0 saturated carbocycles. The van der Waals surface area contributed by atoms with Gasteiger partial charge in [-0.15, -0.1) is 5.10 Å². The van der Waals surface area contributed by atoms with Crippen LogP contribution in [0.1, 0.15) is 56.5 Å². The zero-order valence-electron chi connectivity index (χ0n) is 11.3. The highest BCUT2D eigenvalue weighted by molar-refractivity contribution is 5.90. The number of hydrogen-bond acceptors (Lipinski definition) is 4. The second-order valence-electron chi connectivity index (χ2n) is 4.70. The third-order valence-electron chi connectivity index (χ3n) is 3.08. The lowest BCUT2D eigenvalue weighted by Crippen LogP contribution is -2.46. The van der Waals surface area contributed by atoms with Gasteiger partial charge in [-0.1, -0.05) is 13.8 Å². The smallest absolute Gasteiger partial charge is 0.291 e. The van der Waals surface area contributed by atoms with E-state index < -0.39 is 5.54 Å². The Bertz CT molecular complexity index is 391. The quantitative estimate of drug-likeness (QED) is 0.678. The lowest BCUT2D eigenvalue weighted by molar-refractivity contribution is 0.0875. The lowest BCUT2D eigenvalue weighted by Gasteiger charge is -2.28. The number of aromatic amines is 1. The molecule has 18 heavy (non-hydrogen) atoms. The fourth-order valence-electron chi connectivity index (χ4n) is 1.65. The molecule has 1 unspecified atom stereocenters. The van der Waals surface area contributed by atoms with E-state index in [0.29, 0.717) is 6.42 Å². The second kappa shape index (κ2) is 6.49. The van der Waals surface area contributed by atoms with Crippen LogP contribution in [0.5, 0.6) is 0 Å². The molecule has 0 aliphatic heterocycles. The minimum Gasteiger partial charge on any atom is -0.396 e. The van der Waals surface area contributed by atoms with Crippen LogP contribution in [0.15, 0.2) is 0 Å². The fourth-order valence-corrected chi connectivity index (χ4v) is 1.65. The summed E-state index contributed by atoms with van der Waals surface area (Å²) in [5.74, 6) is 0.588. The number of nitrogens with one attached hydrogen (secondary N) is 2. The van der Waals surface area contributed by atoms with E-state index in [1.54, 1.807) is 0 Å². The Kier molecular flexibility index (Phi) is 5.27. The number of hydrogen-bond donors (Lipinski definition) is 3. The number of carbonyl (C=O) groups excluding carboxylic acids is 1. The zero-order valence-corrected chi connectivity index (χ0v) is 11.3. The van der Waals surface area contributed by atoms with Crippen molar-refractivity contribution in [1.82, 2.24) is 20.5 Å². The molecule has 3 N–H and O–H groups in total. The summed E-state index contributed by atoms with van der Waals surface area (Å²) in [4.78, 5) is 16.1. The number of rotatable bonds is 7. The molecule has 1 atom stereocenters. The maximum atomic E-state index is 12.0. The summed E-state index contributed by atoms with van der Waals surface area (Å²) in [5, 5.41) is 18.5. The first-order valence-electron chi connectivity index (χ1n) is 6.39. The van der Waals surface area contributed by atoms with Gasteiger partial charge in [0, 0.05) is 18.6 Å². The van der Waals surface area contributed by atoms with Gasteiger partial charge in [0.25, 0.3) is 5.91 Å². The highest BCUT2D eigenvalue weighted by Gasteiger charge is 2.25. The van der Waals surface area contributed by atoms with E-state index in [-0.39, 0.29) is 18.3 Å². The van der Waals surface area contributed by atoms with Crippen molar-refractivity contribution < 1.29 is 9.90 Å². The SMILES string of the molecule is CCCc1nc(C(=O)NC(C)(CC)CCO)n[nH]1. The summed E-state index contributed by atoms with van der Waals surface area (Å²) in [6, 6.07) is 0. The van der Waals surface area contributed by atoms with Crippen LogP contribution in [0.25, 0.3) is 0 Å². The van der Waals surface area contributed by atoms with E-state index in [1.165, 1.54) is 0 Å². The molecule has 0 fully saturated rings. The van der Waals surface area contributed by atoms with Crippen LogP contribution in [0.2, 0.25) is 0 Å². The number of aromatic nitrogens is 3. The molecule has 1 aromatic rings. The van der Waals surface area contributed by atoms with Crippen LogP contribution in [0, 0.1) is 0 Å². The predicted octanol–water partition coefficient (Wildman–Crippen LogP) is 1.04. The molecule has 0 saturated heterocycles. The van der Waals surface area contributed by atoms with Gasteiger partial charge < -0.3 is 10.4 Å². The zero-order chi connectivity index (χ0) is 13.6. The van der Waals surface area contributed by atoms with Crippen molar-refractivity contribution in [3.05, 3.63) is 11.6 Å². The summed E-state index contributed by atoms with van der Waals surface area (Å²) in [6.07, 6.45) is 2.99. The summed E-state index contributed by atoms with van der Waals surface area (Å²) >= 11 is 0. The third-order valence-corrected chi connectivity index (χ3v) is 3.08. The maximum absolute atomic E-state index is 12.0. The highest BCUT2D eigenvalue weighted by atomic mass is 16.3. The van der Waals surface area contributed by atoms with E-state index in [1.807, 2.05) is 20.8 Å². The highest BCUT2D eigenvalue weighted by Crippen LogP contribution is 2.14. The van der Waals surface area contributed by atoms with Crippen LogP contribution < -0.4 is 5.32 Å². The Hall–Kier alpha value is -1.43. The largest absolute Gasteiger partial charge is 0.396 e. The van der Waals surface area contributed by atoms with E-state index in [4.69, 9.17) is 5.11 Å². The van der Waals surface area contributed by atoms with Gasteiger partial charge in [0.05, 0.1) is 0 Å². The van der Waals surface area contributed by atoms with Crippen molar-refractivity contribution in [3.8, 4) is 0 Å². The van der Waals surface area contributed by atoms with Gasteiger partial charge in [-0.05, 0) is 26.2 Å².